The fourth-order valence-electron chi connectivity index (χ4n) is 1.51. The summed E-state index contributed by atoms with van der Waals surface area (Å²) in [5, 5.41) is 5.87. The number of nitrogens with two attached hydrogens (primary N) is 1. The number of halogens is 4. The summed E-state index contributed by atoms with van der Waals surface area (Å²) in [5.74, 6) is 0.185. The Balaban J connectivity index is 0.00000242. The number of nitrogens with one attached hydrogen (secondary N) is 1. The number of H-pyrrole nitrogens is 1. The first kappa shape index (κ1) is 18.0. The van der Waals surface area contributed by atoms with Crippen molar-refractivity contribution in [2.24, 2.45) is 5.73 Å². The third-order valence-corrected chi connectivity index (χ3v) is 2.66. The van der Waals surface area contributed by atoms with E-state index >= 15 is 0 Å². The van der Waals surface area contributed by atoms with Gasteiger partial charge in [-0.05, 0) is 24.3 Å². The minimum absolute atomic E-state index is 0. The van der Waals surface area contributed by atoms with Gasteiger partial charge in [-0.1, -0.05) is 0 Å². The molecule has 0 atom stereocenters. The molecule has 0 radical (unpaired) electrons. The van der Waals surface area contributed by atoms with Gasteiger partial charge in [-0.15, -0.1) is 12.4 Å². The van der Waals surface area contributed by atoms with Crippen LogP contribution in [0.4, 0.5) is 13.2 Å². The standard InChI is InChI=1S/C13H13F3N4O.ClH/c14-5-8(6-17)7-21-10-3-1-9(2-4-10)12-18-13(11(15)16)20-19-12;/h1-5,11H,6-7,17H2,(H,18,19,20);1H/b8-5+;. The summed E-state index contributed by atoms with van der Waals surface area (Å²) in [6.45, 7) is 0.116. The molecule has 0 fully saturated rings. The maximum absolute atomic E-state index is 12.4. The van der Waals surface area contributed by atoms with Crippen LogP contribution in [0.2, 0.25) is 0 Å². The number of nitrogens with zero attached hydrogens (tertiary/aromatic N) is 2. The first-order valence-corrected chi connectivity index (χ1v) is 6.06. The number of alkyl halides is 2. The molecule has 0 aliphatic rings. The van der Waals surface area contributed by atoms with E-state index in [2.05, 4.69) is 15.2 Å². The number of hydrogen-bond acceptors (Lipinski definition) is 4. The highest BCUT2D eigenvalue weighted by atomic mass is 35.5. The minimum atomic E-state index is -2.70. The molecule has 2 aromatic rings. The molecule has 0 bridgehead atoms. The Hall–Kier alpha value is -2.06. The van der Waals surface area contributed by atoms with Crippen LogP contribution in [-0.2, 0) is 0 Å². The van der Waals surface area contributed by atoms with Gasteiger partial charge in [0.05, 0.1) is 6.33 Å². The SMILES string of the molecule is Cl.NC/C(=C\F)COc1ccc(-c2n[nH]c(C(F)F)n2)cc1. The molecule has 22 heavy (non-hydrogen) atoms. The van der Waals surface area contributed by atoms with E-state index in [4.69, 9.17) is 10.5 Å². The van der Waals surface area contributed by atoms with Crippen LogP contribution < -0.4 is 10.5 Å². The zero-order valence-corrected chi connectivity index (χ0v) is 12.1. The van der Waals surface area contributed by atoms with Crippen molar-refractivity contribution in [1.82, 2.24) is 15.2 Å². The number of aromatic nitrogens is 3. The van der Waals surface area contributed by atoms with E-state index in [0.717, 1.165) is 0 Å². The maximum atomic E-state index is 12.4. The molecule has 0 amide bonds. The second-order valence-electron chi connectivity index (χ2n) is 4.13. The first-order valence-electron chi connectivity index (χ1n) is 6.06. The van der Waals surface area contributed by atoms with Gasteiger partial charge in [0.2, 0.25) is 0 Å². The van der Waals surface area contributed by atoms with Gasteiger partial charge in [0.1, 0.15) is 12.4 Å². The second kappa shape index (κ2) is 8.40. The average Bonchev–Trinajstić information content (AvgIpc) is 2.99. The Morgan fingerprint density at radius 1 is 1.32 bits per heavy atom. The molecule has 0 aliphatic heterocycles. The molecule has 0 unspecified atom stereocenters. The summed E-state index contributed by atoms with van der Waals surface area (Å²) in [6.07, 6.45) is -2.29. The van der Waals surface area contributed by atoms with Crippen LogP contribution in [0, 0.1) is 0 Å². The molecule has 1 aromatic heterocycles. The molecule has 1 heterocycles. The van der Waals surface area contributed by atoms with Gasteiger partial charge in [0.15, 0.2) is 11.6 Å². The summed E-state index contributed by atoms with van der Waals surface area (Å²) in [4.78, 5) is 3.68. The molecule has 0 saturated carbocycles. The number of benzene rings is 1. The monoisotopic (exact) mass is 334 g/mol. The van der Waals surface area contributed by atoms with Crippen LogP contribution in [-0.4, -0.2) is 28.3 Å². The van der Waals surface area contributed by atoms with E-state index in [1.165, 1.54) is 0 Å². The zero-order chi connectivity index (χ0) is 15.2. The van der Waals surface area contributed by atoms with Crippen molar-refractivity contribution in [1.29, 1.82) is 0 Å². The molecule has 120 valence electrons. The third-order valence-electron chi connectivity index (χ3n) is 2.66. The van der Waals surface area contributed by atoms with E-state index in [0.29, 0.717) is 23.2 Å². The van der Waals surface area contributed by atoms with Crippen molar-refractivity contribution in [2.75, 3.05) is 13.2 Å². The number of hydrogen-bond donors (Lipinski definition) is 2. The molecule has 0 saturated heterocycles. The summed E-state index contributed by atoms with van der Waals surface area (Å²) in [5.41, 5.74) is 6.19. The van der Waals surface area contributed by atoms with Crippen LogP contribution in [0.25, 0.3) is 11.4 Å². The highest BCUT2D eigenvalue weighted by Crippen LogP contribution is 2.22. The molecule has 1 aromatic carbocycles. The van der Waals surface area contributed by atoms with Crippen molar-refractivity contribution in [3.63, 3.8) is 0 Å². The van der Waals surface area contributed by atoms with Crippen molar-refractivity contribution in [3.8, 4) is 17.1 Å². The first-order chi connectivity index (χ1) is 10.1. The lowest BCUT2D eigenvalue weighted by Crippen LogP contribution is -2.10. The van der Waals surface area contributed by atoms with Crippen LogP contribution in [0.3, 0.4) is 0 Å². The summed E-state index contributed by atoms with van der Waals surface area (Å²) in [6, 6.07) is 6.46. The van der Waals surface area contributed by atoms with E-state index in [1.807, 2.05) is 0 Å². The van der Waals surface area contributed by atoms with Gasteiger partial charge in [0.25, 0.3) is 6.43 Å². The second-order valence-corrected chi connectivity index (χ2v) is 4.13. The topological polar surface area (TPSA) is 76.8 Å². The Bertz CT molecular complexity index is 616. The van der Waals surface area contributed by atoms with Crippen molar-refractivity contribution >= 4 is 12.4 Å². The summed E-state index contributed by atoms with van der Waals surface area (Å²) < 4.78 is 42.4. The van der Waals surface area contributed by atoms with Gasteiger partial charge in [-0.25, -0.2) is 18.2 Å². The molecule has 3 N–H and O–H groups in total. The number of ether oxygens (including phenoxy) is 1. The normalized spacial score (nSPS) is 11.4. The molecule has 0 aliphatic carbocycles. The Morgan fingerprint density at radius 3 is 2.50 bits per heavy atom. The smallest absolute Gasteiger partial charge is 0.296 e. The van der Waals surface area contributed by atoms with E-state index < -0.39 is 12.2 Å². The lowest BCUT2D eigenvalue weighted by Gasteiger charge is -2.07. The number of aromatic amines is 1. The zero-order valence-electron chi connectivity index (χ0n) is 11.3. The van der Waals surface area contributed by atoms with Gasteiger partial charge < -0.3 is 10.5 Å². The van der Waals surface area contributed by atoms with Crippen molar-refractivity contribution in [2.45, 2.75) is 6.43 Å². The predicted molar refractivity (Wildman–Crippen MR) is 77.8 cm³/mol. The molecule has 2 rings (SSSR count). The highest BCUT2D eigenvalue weighted by Gasteiger charge is 2.13. The molecule has 9 heteroatoms. The largest absolute Gasteiger partial charge is 0.489 e. The lowest BCUT2D eigenvalue weighted by atomic mass is 10.2. The Kier molecular flexibility index (Phi) is 6.87. The summed E-state index contributed by atoms with van der Waals surface area (Å²) >= 11 is 0. The Morgan fingerprint density at radius 2 is 2.00 bits per heavy atom. The quantitative estimate of drug-likeness (QED) is 0.851. The predicted octanol–water partition coefficient (Wildman–Crippen LogP) is 3.02. The average molecular weight is 335 g/mol. The molecular formula is C13H14ClF3N4O. The fraction of sp³-hybridized carbons (Fsp3) is 0.231. The highest BCUT2D eigenvalue weighted by molar-refractivity contribution is 5.85. The van der Waals surface area contributed by atoms with E-state index in [1.54, 1.807) is 24.3 Å². The molecular weight excluding hydrogens is 321 g/mol. The van der Waals surface area contributed by atoms with E-state index in [-0.39, 0.29) is 31.4 Å². The van der Waals surface area contributed by atoms with Crippen LogP contribution in [0.15, 0.2) is 36.2 Å². The fourth-order valence-corrected chi connectivity index (χ4v) is 1.51. The summed E-state index contributed by atoms with van der Waals surface area (Å²) in [7, 11) is 0. The van der Waals surface area contributed by atoms with Gasteiger partial charge in [-0.2, -0.15) is 5.10 Å². The van der Waals surface area contributed by atoms with Crippen LogP contribution >= 0.6 is 12.4 Å². The number of rotatable bonds is 6. The third kappa shape index (κ3) is 4.47. The van der Waals surface area contributed by atoms with Crippen LogP contribution in [0.5, 0.6) is 5.75 Å². The lowest BCUT2D eigenvalue weighted by molar-refractivity contribution is 0.141. The Labute approximate surface area is 130 Å². The van der Waals surface area contributed by atoms with Gasteiger partial charge in [0, 0.05) is 17.7 Å². The van der Waals surface area contributed by atoms with Gasteiger partial charge in [-0.3, -0.25) is 5.10 Å². The van der Waals surface area contributed by atoms with Gasteiger partial charge >= 0.3 is 0 Å². The van der Waals surface area contributed by atoms with Crippen molar-refractivity contribution in [3.05, 3.63) is 42.0 Å². The molecule has 5 nitrogen and oxygen atoms in total. The van der Waals surface area contributed by atoms with E-state index in [9.17, 15) is 13.2 Å². The maximum Gasteiger partial charge on any atom is 0.296 e. The van der Waals surface area contributed by atoms with Crippen molar-refractivity contribution < 1.29 is 17.9 Å². The molecule has 0 spiro atoms. The minimum Gasteiger partial charge on any atom is -0.489 e. The van der Waals surface area contributed by atoms with Crippen LogP contribution in [0.1, 0.15) is 12.2 Å².